The molecule has 0 aliphatic heterocycles. The average Bonchev–Trinajstić information content (AvgIpc) is 3.01. The zero-order valence-electron chi connectivity index (χ0n) is 11.3. The van der Waals surface area contributed by atoms with Gasteiger partial charge in [-0.2, -0.15) is 5.10 Å². The van der Waals surface area contributed by atoms with Gasteiger partial charge in [-0.15, -0.1) is 0 Å². The van der Waals surface area contributed by atoms with Gasteiger partial charge < -0.3 is 10.6 Å². The minimum Gasteiger partial charge on any atom is -0.352 e. The molecule has 0 fully saturated rings. The number of amides is 2. The summed E-state index contributed by atoms with van der Waals surface area (Å²) in [6.07, 6.45) is 3.11. The second kappa shape index (κ2) is 6.99. The fourth-order valence-electron chi connectivity index (χ4n) is 1.71. The summed E-state index contributed by atoms with van der Waals surface area (Å²) in [5.74, 6) is 0.0648. The number of carbonyl (C=O) groups excluding carboxylic acids is 2. The highest BCUT2D eigenvalue weighted by Gasteiger charge is 2.11. The van der Waals surface area contributed by atoms with Gasteiger partial charge in [-0.05, 0) is 18.2 Å². The molecule has 108 valence electrons. The number of para-hydroxylation sites is 1. The normalized spacial score (nSPS) is 9.90. The monoisotopic (exact) mass is 285 g/mol. The van der Waals surface area contributed by atoms with Crippen molar-refractivity contribution in [2.45, 2.75) is 6.42 Å². The van der Waals surface area contributed by atoms with E-state index in [1.807, 2.05) is 0 Å². The molecule has 2 rings (SSSR count). The van der Waals surface area contributed by atoms with E-state index in [9.17, 15) is 9.59 Å². The highest BCUT2D eigenvalue weighted by Crippen LogP contribution is 2.14. The van der Waals surface area contributed by atoms with E-state index in [-0.39, 0.29) is 11.8 Å². The number of hydrogen-bond donors (Lipinski definition) is 3. The number of nitrogens with zero attached hydrogens (tertiary/aromatic N) is 2. The summed E-state index contributed by atoms with van der Waals surface area (Å²) in [7, 11) is 0. The first-order chi connectivity index (χ1) is 10.2. The Morgan fingerprint density at radius 2 is 2.14 bits per heavy atom. The van der Waals surface area contributed by atoms with Gasteiger partial charge in [0.1, 0.15) is 12.2 Å². The van der Waals surface area contributed by atoms with Crippen LogP contribution in [-0.4, -0.2) is 33.5 Å². The number of aromatic nitrogens is 3. The molecule has 1 heterocycles. The molecule has 0 saturated carbocycles. The fourth-order valence-corrected chi connectivity index (χ4v) is 1.71. The predicted octanol–water partition coefficient (Wildman–Crippen LogP) is 0.902. The molecule has 0 atom stereocenters. The smallest absolute Gasteiger partial charge is 0.253 e. The zero-order chi connectivity index (χ0) is 15.1. The SMILES string of the molecule is C=CC(=O)Nc1ccccc1C(=O)NCCc1ncn[nH]1. The molecule has 2 aromatic rings. The van der Waals surface area contributed by atoms with Crippen molar-refractivity contribution in [1.29, 1.82) is 0 Å². The Labute approximate surface area is 121 Å². The van der Waals surface area contributed by atoms with Gasteiger partial charge in [0.2, 0.25) is 5.91 Å². The van der Waals surface area contributed by atoms with Crippen molar-refractivity contribution in [3.05, 3.63) is 54.6 Å². The first-order valence-corrected chi connectivity index (χ1v) is 6.35. The second-order valence-corrected chi connectivity index (χ2v) is 4.18. The maximum Gasteiger partial charge on any atom is 0.253 e. The largest absolute Gasteiger partial charge is 0.352 e. The predicted molar refractivity (Wildman–Crippen MR) is 77.7 cm³/mol. The van der Waals surface area contributed by atoms with Gasteiger partial charge in [0.05, 0.1) is 11.3 Å². The Morgan fingerprint density at radius 1 is 1.33 bits per heavy atom. The van der Waals surface area contributed by atoms with E-state index in [1.165, 1.54) is 6.33 Å². The molecule has 0 saturated heterocycles. The van der Waals surface area contributed by atoms with E-state index in [0.717, 1.165) is 6.08 Å². The number of hydrogen-bond acceptors (Lipinski definition) is 4. The van der Waals surface area contributed by atoms with E-state index in [2.05, 4.69) is 32.4 Å². The van der Waals surface area contributed by atoms with Crippen LogP contribution in [0.15, 0.2) is 43.2 Å². The first kappa shape index (κ1) is 14.4. The van der Waals surface area contributed by atoms with Crippen LogP contribution in [-0.2, 0) is 11.2 Å². The lowest BCUT2D eigenvalue weighted by atomic mass is 10.1. The number of benzene rings is 1. The van der Waals surface area contributed by atoms with Crippen LogP contribution < -0.4 is 10.6 Å². The van der Waals surface area contributed by atoms with Gasteiger partial charge in [0.25, 0.3) is 5.91 Å². The summed E-state index contributed by atoms with van der Waals surface area (Å²) in [5, 5.41) is 11.8. The summed E-state index contributed by atoms with van der Waals surface area (Å²) in [5.41, 5.74) is 0.838. The molecule has 0 aliphatic carbocycles. The third-order valence-electron chi connectivity index (χ3n) is 2.73. The molecular formula is C14H15N5O2. The van der Waals surface area contributed by atoms with Crippen LogP contribution in [0.3, 0.4) is 0 Å². The van der Waals surface area contributed by atoms with E-state index >= 15 is 0 Å². The van der Waals surface area contributed by atoms with Crippen LogP contribution >= 0.6 is 0 Å². The number of carbonyl (C=O) groups is 2. The van der Waals surface area contributed by atoms with Crippen LogP contribution in [0.5, 0.6) is 0 Å². The van der Waals surface area contributed by atoms with Crippen molar-refractivity contribution in [1.82, 2.24) is 20.5 Å². The maximum atomic E-state index is 12.1. The van der Waals surface area contributed by atoms with E-state index in [4.69, 9.17) is 0 Å². The fraction of sp³-hybridized carbons (Fsp3) is 0.143. The van der Waals surface area contributed by atoms with Crippen LogP contribution in [0.2, 0.25) is 0 Å². The van der Waals surface area contributed by atoms with Crippen molar-refractivity contribution in [3.63, 3.8) is 0 Å². The summed E-state index contributed by atoms with van der Waals surface area (Å²) >= 11 is 0. The van der Waals surface area contributed by atoms with E-state index < -0.39 is 0 Å². The van der Waals surface area contributed by atoms with Crippen molar-refractivity contribution >= 4 is 17.5 Å². The van der Waals surface area contributed by atoms with Gasteiger partial charge in [0.15, 0.2) is 0 Å². The topological polar surface area (TPSA) is 99.8 Å². The van der Waals surface area contributed by atoms with Gasteiger partial charge >= 0.3 is 0 Å². The third-order valence-corrected chi connectivity index (χ3v) is 2.73. The molecule has 2 amide bonds. The molecule has 0 bridgehead atoms. The lowest BCUT2D eigenvalue weighted by Crippen LogP contribution is -2.27. The quantitative estimate of drug-likeness (QED) is 0.686. The molecule has 0 spiro atoms. The molecule has 1 aromatic carbocycles. The minimum atomic E-state index is -0.364. The number of anilines is 1. The molecule has 0 unspecified atom stereocenters. The molecular weight excluding hydrogens is 270 g/mol. The minimum absolute atomic E-state index is 0.269. The van der Waals surface area contributed by atoms with Gasteiger partial charge in [-0.25, -0.2) is 4.98 Å². The Kier molecular flexibility index (Phi) is 4.81. The zero-order valence-corrected chi connectivity index (χ0v) is 11.3. The molecule has 7 nitrogen and oxygen atoms in total. The highest BCUT2D eigenvalue weighted by atomic mass is 16.2. The molecule has 21 heavy (non-hydrogen) atoms. The standard InChI is InChI=1S/C14H15N5O2/c1-2-13(20)18-11-6-4-3-5-10(11)14(21)15-8-7-12-16-9-17-19-12/h2-6,9H,1,7-8H2,(H,15,21)(H,18,20)(H,16,17,19). The van der Waals surface area contributed by atoms with Gasteiger partial charge in [-0.1, -0.05) is 18.7 Å². The van der Waals surface area contributed by atoms with Gasteiger partial charge in [0, 0.05) is 13.0 Å². The lowest BCUT2D eigenvalue weighted by Gasteiger charge is -2.10. The molecule has 0 aliphatic rings. The van der Waals surface area contributed by atoms with Crippen LogP contribution in [0.4, 0.5) is 5.69 Å². The average molecular weight is 285 g/mol. The first-order valence-electron chi connectivity index (χ1n) is 6.35. The maximum absolute atomic E-state index is 12.1. The Hall–Kier alpha value is -2.96. The van der Waals surface area contributed by atoms with Crippen molar-refractivity contribution in [2.75, 3.05) is 11.9 Å². The van der Waals surface area contributed by atoms with Crippen molar-refractivity contribution in [2.24, 2.45) is 0 Å². The summed E-state index contributed by atoms with van der Waals surface area (Å²) in [6, 6.07) is 6.77. The summed E-state index contributed by atoms with van der Waals surface area (Å²) in [6.45, 7) is 3.79. The van der Waals surface area contributed by atoms with Crippen LogP contribution in [0.1, 0.15) is 16.2 Å². The summed E-state index contributed by atoms with van der Waals surface area (Å²) in [4.78, 5) is 27.4. The molecule has 0 radical (unpaired) electrons. The lowest BCUT2D eigenvalue weighted by molar-refractivity contribution is -0.111. The summed E-state index contributed by atoms with van der Waals surface area (Å²) < 4.78 is 0. The Balaban J connectivity index is 1.98. The Bertz CT molecular complexity index is 637. The second-order valence-electron chi connectivity index (χ2n) is 4.18. The number of H-pyrrole nitrogens is 1. The van der Waals surface area contributed by atoms with E-state index in [1.54, 1.807) is 24.3 Å². The highest BCUT2D eigenvalue weighted by molar-refractivity contribution is 6.06. The number of aromatic amines is 1. The van der Waals surface area contributed by atoms with Crippen LogP contribution in [0.25, 0.3) is 0 Å². The number of nitrogens with one attached hydrogen (secondary N) is 3. The molecule has 3 N–H and O–H groups in total. The van der Waals surface area contributed by atoms with Gasteiger partial charge in [-0.3, -0.25) is 14.7 Å². The molecule has 7 heteroatoms. The Morgan fingerprint density at radius 3 is 2.86 bits per heavy atom. The molecule has 1 aromatic heterocycles. The van der Waals surface area contributed by atoms with E-state index in [0.29, 0.717) is 30.0 Å². The number of rotatable bonds is 6. The third kappa shape index (κ3) is 4.00. The van der Waals surface area contributed by atoms with Crippen LogP contribution in [0, 0.1) is 0 Å². The van der Waals surface area contributed by atoms with Crippen molar-refractivity contribution < 1.29 is 9.59 Å². The van der Waals surface area contributed by atoms with Crippen molar-refractivity contribution in [3.8, 4) is 0 Å².